The molecule has 1 atom stereocenters. The van der Waals surface area contributed by atoms with Gasteiger partial charge in [-0.1, -0.05) is 18.2 Å². The number of rotatable bonds is 1. The third-order valence-electron chi connectivity index (χ3n) is 7.05. The lowest BCUT2D eigenvalue weighted by molar-refractivity contribution is -0.145. The summed E-state index contributed by atoms with van der Waals surface area (Å²) in [6.45, 7) is 3.03. The molecule has 0 bridgehead atoms. The summed E-state index contributed by atoms with van der Waals surface area (Å²) in [6, 6.07) is 8.51. The number of aromatic nitrogens is 4. The highest BCUT2D eigenvalue weighted by Gasteiger charge is 2.44. The Morgan fingerprint density at radius 2 is 2.07 bits per heavy atom. The molecule has 1 spiro atoms. The summed E-state index contributed by atoms with van der Waals surface area (Å²) in [5.41, 5.74) is 3.55. The lowest BCUT2D eigenvalue weighted by Gasteiger charge is -2.44. The number of fused-ring (bicyclic) bond motifs is 5. The third kappa shape index (κ3) is 2.64. The van der Waals surface area contributed by atoms with Crippen molar-refractivity contribution in [2.75, 3.05) is 19.7 Å². The molecule has 1 N–H and O–H groups in total. The van der Waals surface area contributed by atoms with Crippen LogP contribution in [0.15, 0.2) is 30.6 Å². The van der Waals surface area contributed by atoms with Gasteiger partial charge in [0, 0.05) is 42.9 Å². The molecule has 1 saturated heterocycles. The molecular formula is C22H25N5O2. The fourth-order valence-electron chi connectivity index (χ4n) is 5.45. The van der Waals surface area contributed by atoms with Gasteiger partial charge >= 0.3 is 0 Å². The first-order valence-corrected chi connectivity index (χ1v) is 10.6. The van der Waals surface area contributed by atoms with E-state index >= 15 is 0 Å². The maximum atomic E-state index is 13.2. The van der Waals surface area contributed by atoms with E-state index in [-0.39, 0.29) is 17.4 Å². The molecule has 6 rings (SSSR count). The van der Waals surface area contributed by atoms with Crippen molar-refractivity contribution in [2.24, 2.45) is 5.92 Å². The highest BCUT2D eigenvalue weighted by molar-refractivity contribution is 5.85. The van der Waals surface area contributed by atoms with E-state index in [1.165, 1.54) is 22.2 Å². The lowest BCUT2D eigenvalue weighted by atomic mass is 9.82. The van der Waals surface area contributed by atoms with Gasteiger partial charge in [0.05, 0.1) is 12.3 Å². The Morgan fingerprint density at radius 3 is 2.97 bits per heavy atom. The van der Waals surface area contributed by atoms with Gasteiger partial charge in [0.2, 0.25) is 5.91 Å². The predicted octanol–water partition coefficient (Wildman–Crippen LogP) is 2.41. The Morgan fingerprint density at radius 1 is 1.21 bits per heavy atom. The van der Waals surface area contributed by atoms with Crippen LogP contribution in [0.4, 0.5) is 0 Å². The Bertz CT molecular complexity index is 1080. The van der Waals surface area contributed by atoms with Gasteiger partial charge in [-0.05, 0) is 37.3 Å². The number of carbonyl (C=O) groups is 1. The number of amides is 1. The topological polar surface area (TPSA) is 76.0 Å². The van der Waals surface area contributed by atoms with E-state index in [4.69, 9.17) is 4.74 Å². The molecule has 29 heavy (non-hydrogen) atoms. The van der Waals surface area contributed by atoms with Crippen LogP contribution in [0.2, 0.25) is 0 Å². The van der Waals surface area contributed by atoms with E-state index in [9.17, 15) is 4.79 Å². The molecule has 7 heteroatoms. The number of aryl methyl sites for hydroxylation is 1. The van der Waals surface area contributed by atoms with Gasteiger partial charge in [-0.3, -0.25) is 9.48 Å². The van der Waals surface area contributed by atoms with Gasteiger partial charge in [0.25, 0.3) is 0 Å². The molecule has 0 aliphatic carbocycles. The number of hydrogen-bond acceptors (Lipinski definition) is 4. The number of benzene rings is 1. The van der Waals surface area contributed by atoms with Crippen molar-refractivity contribution in [3.8, 4) is 0 Å². The van der Waals surface area contributed by atoms with Crippen LogP contribution in [0.3, 0.4) is 0 Å². The first-order valence-electron chi connectivity index (χ1n) is 10.6. The molecule has 0 saturated carbocycles. The lowest BCUT2D eigenvalue weighted by Crippen LogP contribution is -2.50. The van der Waals surface area contributed by atoms with Crippen molar-refractivity contribution in [1.29, 1.82) is 0 Å². The standard InChI is InChI=1S/C22H25N5O2/c28-21(15-5-9-27-19(13-15)23-14-24-27)26-10-7-22(8-11-26)20-17(6-12-29-22)16-3-1-2-4-18(16)25-20/h1-4,14-15,25H,5-13H2. The Kier molecular flexibility index (Phi) is 3.81. The Hall–Kier alpha value is -2.67. The van der Waals surface area contributed by atoms with Crippen LogP contribution in [0.25, 0.3) is 10.9 Å². The van der Waals surface area contributed by atoms with Crippen LogP contribution < -0.4 is 0 Å². The van der Waals surface area contributed by atoms with Crippen LogP contribution >= 0.6 is 0 Å². The maximum absolute atomic E-state index is 13.2. The Labute approximate surface area is 169 Å². The van der Waals surface area contributed by atoms with E-state index in [2.05, 4.69) is 39.3 Å². The second-order valence-electron chi connectivity index (χ2n) is 8.53. The number of para-hydroxylation sites is 1. The van der Waals surface area contributed by atoms with Gasteiger partial charge in [-0.25, -0.2) is 4.98 Å². The molecule has 3 aliphatic rings. The predicted molar refractivity (Wildman–Crippen MR) is 107 cm³/mol. The van der Waals surface area contributed by atoms with E-state index in [0.717, 1.165) is 57.7 Å². The molecule has 2 aromatic heterocycles. The largest absolute Gasteiger partial charge is 0.368 e. The number of ether oxygens (including phenoxy) is 1. The summed E-state index contributed by atoms with van der Waals surface area (Å²) in [5, 5.41) is 5.53. The van der Waals surface area contributed by atoms with Crippen LogP contribution in [0.5, 0.6) is 0 Å². The SMILES string of the molecule is O=C(C1CCn2ncnc2C1)N1CCC2(CC1)OCCc1c2[nH]c2ccccc12. The highest BCUT2D eigenvalue weighted by atomic mass is 16.5. The molecule has 1 amide bonds. The fraction of sp³-hybridized carbons (Fsp3) is 0.500. The van der Waals surface area contributed by atoms with Crippen molar-refractivity contribution in [2.45, 2.75) is 44.2 Å². The summed E-state index contributed by atoms with van der Waals surface area (Å²) in [4.78, 5) is 23.2. The summed E-state index contributed by atoms with van der Waals surface area (Å²) >= 11 is 0. The number of H-pyrrole nitrogens is 1. The number of carbonyl (C=O) groups excluding carboxylic acids is 1. The average Bonchev–Trinajstić information content (AvgIpc) is 3.39. The molecule has 0 radical (unpaired) electrons. The average molecular weight is 391 g/mol. The second kappa shape index (κ2) is 6.42. The van der Waals surface area contributed by atoms with Crippen LogP contribution in [-0.4, -0.2) is 50.3 Å². The van der Waals surface area contributed by atoms with Crippen molar-refractivity contribution in [1.82, 2.24) is 24.6 Å². The first kappa shape index (κ1) is 17.2. The van der Waals surface area contributed by atoms with E-state index in [1.807, 2.05) is 9.58 Å². The van der Waals surface area contributed by atoms with E-state index in [1.54, 1.807) is 6.33 Å². The summed E-state index contributed by atoms with van der Waals surface area (Å²) in [6.07, 6.45) is 5.78. The van der Waals surface area contributed by atoms with Crippen molar-refractivity contribution in [3.63, 3.8) is 0 Å². The molecule has 3 aromatic rings. The van der Waals surface area contributed by atoms with Crippen molar-refractivity contribution < 1.29 is 9.53 Å². The van der Waals surface area contributed by atoms with Gasteiger partial charge in [-0.2, -0.15) is 5.10 Å². The molecule has 5 heterocycles. The molecule has 150 valence electrons. The number of nitrogens with zero attached hydrogens (tertiary/aromatic N) is 4. The van der Waals surface area contributed by atoms with Crippen LogP contribution in [-0.2, 0) is 34.5 Å². The normalized spacial score (nSPS) is 23.2. The van der Waals surface area contributed by atoms with Crippen LogP contribution in [0, 0.1) is 5.92 Å². The second-order valence-corrected chi connectivity index (χ2v) is 8.53. The van der Waals surface area contributed by atoms with Gasteiger partial charge in [-0.15, -0.1) is 0 Å². The zero-order chi connectivity index (χ0) is 19.4. The highest BCUT2D eigenvalue weighted by Crippen LogP contribution is 2.43. The quantitative estimate of drug-likeness (QED) is 0.691. The van der Waals surface area contributed by atoms with Crippen molar-refractivity contribution in [3.05, 3.63) is 47.7 Å². The minimum absolute atomic E-state index is 0.0247. The number of aromatic amines is 1. The minimum Gasteiger partial charge on any atom is -0.368 e. The first-order chi connectivity index (χ1) is 14.2. The molecule has 7 nitrogen and oxygen atoms in total. The molecule has 1 fully saturated rings. The monoisotopic (exact) mass is 391 g/mol. The number of piperidine rings is 1. The summed E-state index contributed by atoms with van der Waals surface area (Å²) in [7, 11) is 0. The Balaban J connectivity index is 1.21. The number of hydrogen-bond donors (Lipinski definition) is 1. The van der Waals surface area contributed by atoms with Gasteiger partial charge in [0.15, 0.2) is 0 Å². The molecular weight excluding hydrogens is 366 g/mol. The van der Waals surface area contributed by atoms with E-state index < -0.39 is 0 Å². The van der Waals surface area contributed by atoms with Crippen molar-refractivity contribution >= 4 is 16.8 Å². The molecule has 1 aromatic carbocycles. The smallest absolute Gasteiger partial charge is 0.226 e. The maximum Gasteiger partial charge on any atom is 0.226 e. The fourth-order valence-corrected chi connectivity index (χ4v) is 5.45. The van der Waals surface area contributed by atoms with E-state index in [0.29, 0.717) is 6.42 Å². The number of likely N-dealkylation sites (tertiary alicyclic amines) is 1. The minimum atomic E-state index is -0.282. The van der Waals surface area contributed by atoms with Gasteiger partial charge < -0.3 is 14.6 Å². The zero-order valence-corrected chi connectivity index (χ0v) is 16.4. The number of nitrogens with one attached hydrogen (secondary N) is 1. The van der Waals surface area contributed by atoms with Gasteiger partial charge in [0.1, 0.15) is 17.8 Å². The summed E-state index contributed by atoms with van der Waals surface area (Å²) < 4.78 is 8.30. The molecule has 1 unspecified atom stereocenters. The third-order valence-corrected chi connectivity index (χ3v) is 7.05. The van der Waals surface area contributed by atoms with Crippen LogP contribution in [0.1, 0.15) is 36.3 Å². The molecule has 3 aliphatic heterocycles. The summed E-state index contributed by atoms with van der Waals surface area (Å²) in [5.74, 6) is 1.22. The zero-order valence-electron chi connectivity index (χ0n) is 16.4.